The van der Waals surface area contributed by atoms with Gasteiger partial charge in [0.05, 0.1) is 0 Å². The Labute approximate surface area is 92.4 Å². The third-order valence-corrected chi connectivity index (χ3v) is 3.18. The van der Waals surface area contributed by atoms with Gasteiger partial charge in [-0.05, 0) is 33.0 Å². The molecule has 0 bridgehead atoms. The lowest BCUT2D eigenvalue weighted by atomic mass is 10.1. The van der Waals surface area contributed by atoms with E-state index in [0.29, 0.717) is 24.9 Å². The molecule has 1 heterocycles. The van der Waals surface area contributed by atoms with Crippen LogP contribution in [0.1, 0.15) is 19.8 Å². The summed E-state index contributed by atoms with van der Waals surface area (Å²) in [5.41, 5.74) is 5.40. The van der Waals surface area contributed by atoms with Crippen LogP contribution in [0.15, 0.2) is 0 Å². The summed E-state index contributed by atoms with van der Waals surface area (Å²) in [7, 11) is 4.16. The third kappa shape index (κ3) is 3.18. The van der Waals surface area contributed by atoms with E-state index in [2.05, 4.69) is 25.9 Å². The Hall–Kier alpha value is -0.610. The van der Waals surface area contributed by atoms with Gasteiger partial charge in [0.15, 0.2) is 0 Å². The first-order valence-corrected chi connectivity index (χ1v) is 5.70. The van der Waals surface area contributed by atoms with Crippen molar-refractivity contribution in [2.75, 3.05) is 33.7 Å². The van der Waals surface area contributed by atoms with Crippen molar-refractivity contribution in [1.29, 1.82) is 0 Å². The number of hydrogen-bond acceptors (Lipinski definition) is 3. The Bertz CT molecular complexity index is 218. The molecule has 1 amide bonds. The molecule has 2 N–H and O–H groups in total. The fourth-order valence-electron chi connectivity index (χ4n) is 2.24. The van der Waals surface area contributed by atoms with E-state index in [1.54, 1.807) is 0 Å². The summed E-state index contributed by atoms with van der Waals surface area (Å²) < 4.78 is 0. The van der Waals surface area contributed by atoms with Gasteiger partial charge in [0.2, 0.25) is 5.91 Å². The molecule has 1 aliphatic heterocycles. The molecule has 15 heavy (non-hydrogen) atoms. The lowest BCUT2D eigenvalue weighted by Gasteiger charge is -2.22. The van der Waals surface area contributed by atoms with Gasteiger partial charge in [-0.1, -0.05) is 6.92 Å². The second-order valence-electron chi connectivity index (χ2n) is 4.70. The quantitative estimate of drug-likeness (QED) is 0.722. The van der Waals surface area contributed by atoms with E-state index in [0.717, 1.165) is 19.5 Å². The van der Waals surface area contributed by atoms with Crippen molar-refractivity contribution >= 4 is 5.91 Å². The Morgan fingerprint density at radius 3 is 2.60 bits per heavy atom. The van der Waals surface area contributed by atoms with Crippen LogP contribution in [0.5, 0.6) is 0 Å². The summed E-state index contributed by atoms with van der Waals surface area (Å²) in [5.74, 6) is 0.832. The number of carbonyl (C=O) groups excluding carboxylic acids is 1. The Morgan fingerprint density at radius 1 is 1.47 bits per heavy atom. The molecule has 1 rings (SSSR count). The Balaban J connectivity index is 2.43. The molecule has 0 radical (unpaired) electrons. The molecule has 0 saturated carbocycles. The van der Waals surface area contributed by atoms with E-state index in [9.17, 15) is 4.79 Å². The molecular formula is C11H23N3O. The molecule has 2 unspecified atom stereocenters. The number of carbonyl (C=O) groups is 1. The minimum atomic E-state index is 0.261. The zero-order valence-corrected chi connectivity index (χ0v) is 10.1. The SMILES string of the molecule is CC1CN(C(=O)CCCN)CC1N(C)C. The van der Waals surface area contributed by atoms with Gasteiger partial charge in [-0.15, -0.1) is 0 Å². The molecule has 4 heteroatoms. The number of nitrogens with two attached hydrogens (primary N) is 1. The van der Waals surface area contributed by atoms with Gasteiger partial charge in [0.25, 0.3) is 0 Å². The highest BCUT2D eigenvalue weighted by molar-refractivity contribution is 5.76. The number of hydrogen-bond donors (Lipinski definition) is 1. The maximum absolute atomic E-state index is 11.8. The van der Waals surface area contributed by atoms with Crippen LogP contribution < -0.4 is 5.73 Å². The summed E-state index contributed by atoms with van der Waals surface area (Å²) in [6.07, 6.45) is 1.40. The van der Waals surface area contributed by atoms with E-state index < -0.39 is 0 Å². The fraction of sp³-hybridized carbons (Fsp3) is 0.909. The minimum Gasteiger partial charge on any atom is -0.341 e. The molecule has 88 valence electrons. The molecule has 0 aromatic rings. The van der Waals surface area contributed by atoms with Crippen molar-refractivity contribution in [3.63, 3.8) is 0 Å². The van der Waals surface area contributed by atoms with Gasteiger partial charge in [-0.2, -0.15) is 0 Å². The molecule has 0 aromatic heterocycles. The Kier molecular flexibility index (Phi) is 4.54. The van der Waals surface area contributed by atoms with Gasteiger partial charge in [0, 0.05) is 25.6 Å². The van der Waals surface area contributed by atoms with Crippen LogP contribution in [0.4, 0.5) is 0 Å². The van der Waals surface area contributed by atoms with Crippen LogP contribution in [-0.2, 0) is 4.79 Å². The van der Waals surface area contributed by atoms with Crippen LogP contribution in [0.3, 0.4) is 0 Å². The van der Waals surface area contributed by atoms with Crippen molar-refractivity contribution in [2.24, 2.45) is 11.7 Å². The zero-order chi connectivity index (χ0) is 11.4. The average Bonchev–Trinajstić information content (AvgIpc) is 2.56. The van der Waals surface area contributed by atoms with Gasteiger partial charge in [-0.25, -0.2) is 0 Å². The number of likely N-dealkylation sites (tertiary alicyclic amines) is 1. The first kappa shape index (κ1) is 12.5. The molecule has 0 aromatic carbocycles. The Morgan fingerprint density at radius 2 is 2.13 bits per heavy atom. The van der Waals surface area contributed by atoms with E-state index in [-0.39, 0.29) is 5.91 Å². The van der Waals surface area contributed by atoms with Crippen molar-refractivity contribution in [3.05, 3.63) is 0 Å². The van der Waals surface area contributed by atoms with Crippen LogP contribution in [0, 0.1) is 5.92 Å². The highest BCUT2D eigenvalue weighted by atomic mass is 16.2. The highest BCUT2D eigenvalue weighted by Crippen LogP contribution is 2.20. The third-order valence-electron chi connectivity index (χ3n) is 3.18. The van der Waals surface area contributed by atoms with Gasteiger partial charge in [0.1, 0.15) is 0 Å². The summed E-state index contributed by atoms with van der Waals surface area (Å²) in [5, 5.41) is 0. The van der Waals surface area contributed by atoms with Crippen molar-refractivity contribution in [3.8, 4) is 0 Å². The number of nitrogens with zero attached hydrogens (tertiary/aromatic N) is 2. The monoisotopic (exact) mass is 213 g/mol. The standard InChI is InChI=1S/C11H23N3O/c1-9-7-14(8-10(9)13(2)3)11(15)5-4-6-12/h9-10H,4-8,12H2,1-3H3. The maximum atomic E-state index is 11.8. The smallest absolute Gasteiger partial charge is 0.222 e. The van der Waals surface area contributed by atoms with Gasteiger partial charge >= 0.3 is 0 Å². The van der Waals surface area contributed by atoms with Crippen LogP contribution >= 0.6 is 0 Å². The topological polar surface area (TPSA) is 49.6 Å². The van der Waals surface area contributed by atoms with Crippen molar-refractivity contribution < 1.29 is 4.79 Å². The van der Waals surface area contributed by atoms with Crippen molar-refractivity contribution in [1.82, 2.24) is 9.80 Å². The van der Waals surface area contributed by atoms with Crippen molar-refractivity contribution in [2.45, 2.75) is 25.8 Å². The molecule has 1 saturated heterocycles. The second kappa shape index (κ2) is 5.47. The fourth-order valence-corrected chi connectivity index (χ4v) is 2.24. The van der Waals surface area contributed by atoms with E-state index >= 15 is 0 Å². The predicted octanol–water partition coefficient (Wildman–Crippen LogP) is 0.134. The predicted molar refractivity (Wildman–Crippen MR) is 61.5 cm³/mol. The highest BCUT2D eigenvalue weighted by Gasteiger charge is 2.32. The molecule has 0 aliphatic carbocycles. The second-order valence-corrected chi connectivity index (χ2v) is 4.70. The first-order chi connectivity index (χ1) is 7.06. The number of likely N-dealkylation sites (N-methyl/N-ethyl adjacent to an activating group) is 1. The lowest BCUT2D eigenvalue weighted by molar-refractivity contribution is -0.130. The molecule has 1 aliphatic rings. The molecule has 1 fully saturated rings. The maximum Gasteiger partial charge on any atom is 0.222 e. The molecular weight excluding hydrogens is 190 g/mol. The number of amides is 1. The van der Waals surface area contributed by atoms with Crippen LogP contribution in [-0.4, -0.2) is 55.5 Å². The zero-order valence-electron chi connectivity index (χ0n) is 10.1. The summed E-state index contributed by atoms with van der Waals surface area (Å²) in [6.45, 7) is 4.58. The van der Waals surface area contributed by atoms with Crippen LogP contribution in [0.25, 0.3) is 0 Å². The van der Waals surface area contributed by atoms with E-state index in [4.69, 9.17) is 5.73 Å². The van der Waals surface area contributed by atoms with Gasteiger partial charge in [-0.3, -0.25) is 4.79 Å². The molecule has 2 atom stereocenters. The molecule has 4 nitrogen and oxygen atoms in total. The summed E-state index contributed by atoms with van der Waals surface area (Å²) in [6, 6.07) is 0.506. The molecule has 0 spiro atoms. The normalized spacial score (nSPS) is 26.3. The minimum absolute atomic E-state index is 0.261. The largest absolute Gasteiger partial charge is 0.341 e. The first-order valence-electron chi connectivity index (χ1n) is 5.70. The van der Waals surface area contributed by atoms with Crippen LogP contribution in [0.2, 0.25) is 0 Å². The number of rotatable bonds is 4. The summed E-state index contributed by atoms with van der Waals surface area (Å²) >= 11 is 0. The van der Waals surface area contributed by atoms with E-state index in [1.807, 2.05) is 4.90 Å². The summed E-state index contributed by atoms with van der Waals surface area (Å²) in [4.78, 5) is 16.0. The lowest BCUT2D eigenvalue weighted by Crippen LogP contribution is -2.35. The average molecular weight is 213 g/mol. The van der Waals surface area contributed by atoms with Gasteiger partial charge < -0.3 is 15.5 Å². The van der Waals surface area contributed by atoms with E-state index in [1.165, 1.54) is 0 Å².